The number of phenolic OH excluding ortho intramolecular Hbond substituents is 1. The van der Waals surface area contributed by atoms with Crippen LogP contribution in [-0.2, 0) is 10.2 Å². The van der Waals surface area contributed by atoms with Gasteiger partial charge in [0.2, 0.25) is 0 Å². The van der Waals surface area contributed by atoms with E-state index in [1.54, 1.807) is 18.2 Å². The van der Waals surface area contributed by atoms with E-state index in [-0.39, 0.29) is 17.6 Å². The fraction of sp³-hybridized carbons (Fsp3) is 0.500. The van der Waals surface area contributed by atoms with Crippen LogP contribution in [0.25, 0.3) is 0 Å². The summed E-state index contributed by atoms with van der Waals surface area (Å²) in [6.07, 6.45) is 0.575. The average Bonchev–Trinajstić information content (AvgIpc) is 2.24. The Hall–Kier alpha value is -1.71. The molecule has 0 amide bonds. The van der Waals surface area contributed by atoms with Gasteiger partial charge in [0.15, 0.2) is 0 Å². The smallest absolute Gasteiger partial charge is 0.303 e. The second-order valence-corrected chi connectivity index (χ2v) is 5.27. The molecule has 4 heteroatoms. The Morgan fingerprint density at radius 1 is 1.33 bits per heavy atom. The number of hydrogen-bond acceptors (Lipinski definition) is 3. The van der Waals surface area contributed by atoms with E-state index in [1.807, 2.05) is 20.8 Å². The van der Waals surface area contributed by atoms with Gasteiger partial charge in [-0.3, -0.25) is 4.79 Å². The SMILES string of the molecule is CC(C)(C)c1cc(OCCCC(=O)O)ccc1O. The van der Waals surface area contributed by atoms with Crippen molar-refractivity contribution in [2.24, 2.45) is 0 Å². The molecule has 0 spiro atoms. The fourth-order valence-corrected chi connectivity index (χ4v) is 1.62. The molecule has 0 fully saturated rings. The number of carboxylic acid groups (broad SMARTS) is 1. The third-order valence-electron chi connectivity index (χ3n) is 2.58. The van der Waals surface area contributed by atoms with Crippen molar-refractivity contribution in [2.45, 2.75) is 39.0 Å². The fourth-order valence-electron chi connectivity index (χ4n) is 1.62. The third kappa shape index (κ3) is 4.28. The summed E-state index contributed by atoms with van der Waals surface area (Å²) < 4.78 is 5.47. The standard InChI is InChI=1S/C14H20O4/c1-14(2,3)11-9-10(6-7-12(11)15)18-8-4-5-13(16)17/h6-7,9,15H,4-5,8H2,1-3H3,(H,16,17). The van der Waals surface area contributed by atoms with E-state index in [4.69, 9.17) is 9.84 Å². The molecule has 1 aromatic rings. The largest absolute Gasteiger partial charge is 0.508 e. The lowest BCUT2D eigenvalue weighted by atomic mass is 9.86. The number of carbonyl (C=O) groups is 1. The lowest BCUT2D eigenvalue weighted by Crippen LogP contribution is -2.11. The van der Waals surface area contributed by atoms with E-state index in [0.717, 1.165) is 5.56 Å². The molecule has 18 heavy (non-hydrogen) atoms. The van der Waals surface area contributed by atoms with Crippen molar-refractivity contribution < 1.29 is 19.7 Å². The Bertz CT molecular complexity index is 418. The molecule has 0 saturated heterocycles. The number of carboxylic acids is 1. The van der Waals surface area contributed by atoms with Crippen molar-refractivity contribution in [1.29, 1.82) is 0 Å². The highest BCUT2D eigenvalue weighted by molar-refractivity contribution is 5.66. The zero-order chi connectivity index (χ0) is 13.8. The van der Waals surface area contributed by atoms with Crippen LogP contribution in [0.15, 0.2) is 18.2 Å². The predicted octanol–water partition coefficient (Wildman–Crippen LogP) is 2.93. The summed E-state index contributed by atoms with van der Waals surface area (Å²) in [6.45, 7) is 6.39. The lowest BCUT2D eigenvalue weighted by molar-refractivity contribution is -0.137. The molecule has 0 aliphatic rings. The lowest BCUT2D eigenvalue weighted by Gasteiger charge is -2.21. The van der Waals surface area contributed by atoms with Gasteiger partial charge in [0.05, 0.1) is 6.61 Å². The molecular formula is C14H20O4. The molecule has 0 atom stereocenters. The van der Waals surface area contributed by atoms with Gasteiger partial charge in [-0.05, 0) is 30.0 Å². The van der Waals surface area contributed by atoms with E-state index >= 15 is 0 Å². The first-order valence-electron chi connectivity index (χ1n) is 5.99. The van der Waals surface area contributed by atoms with Crippen molar-refractivity contribution in [2.75, 3.05) is 6.61 Å². The van der Waals surface area contributed by atoms with E-state index in [9.17, 15) is 9.90 Å². The van der Waals surface area contributed by atoms with Crippen LogP contribution in [0.3, 0.4) is 0 Å². The molecule has 0 aliphatic carbocycles. The maximum atomic E-state index is 10.4. The van der Waals surface area contributed by atoms with Gasteiger partial charge in [-0.2, -0.15) is 0 Å². The number of aliphatic carboxylic acids is 1. The zero-order valence-corrected chi connectivity index (χ0v) is 11.1. The molecule has 0 aromatic heterocycles. The van der Waals surface area contributed by atoms with Gasteiger partial charge < -0.3 is 14.9 Å². The minimum atomic E-state index is -0.820. The number of benzene rings is 1. The molecule has 0 radical (unpaired) electrons. The van der Waals surface area contributed by atoms with Gasteiger partial charge in [0, 0.05) is 12.0 Å². The second kappa shape index (κ2) is 5.76. The van der Waals surface area contributed by atoms with Crippen molar-refractivity contribution in [3.63, 3.8) is 0 Å². The van der Waals surface area contributed by atoms with Crippen LogP contribution in [0.1, 0.15) is 39.2 Å². The first kappa shape index (κ1) is 14.4. The minimum Gasteiger partial charge on any atom is -0.508 e. The second-order valence-electron chi connectivity index (χ2n) is 5.27. The maximum Gasteiger partial charge on any atom is 0.303 e. The first-order chi connectivity index (χ1) is 8.30. The summed E-state index contributed by atoms with van der Waals surface area (Å²) in [5.41, 5.74) is 0.656. The van der Waals surface area contributed by atoms with Gasteiger partial charge in [0.1, 0.15) is 11.5 Å². The number of phenols is 1. The summed E-state index contributed by atoms with van der Waals surface area (Å²) in [6, 6.07) is 5.09. The monoisotopic (exact) mass is 252 g/mol. The predicted molar refractivity (Wildman–Crippen MR) is 69.2 cm³/mol. The molecule has 0 saturated carbocycles. The molecular weight excluding hydrogens is 232 g/mol. The van der Waals surface area contributed by atoms with Crippen LogP contribution in [0.4, 0.5) is 0 Å². The molecule has 2 N–H and O–H groups in total. The van der Waals surface area contributed by atoms with Gasteiger partial charge in [0.25, 0.3) is 0 Å². The normalized spacial score (nSPS) is 11.3. The topological polar surface area (TPSA) is 66.8 Å². The minimum absolute atomic E-state index is 0.101. The average molecular weight is 252 g/mol. The van der Waals surface area contributed by atoms with Crippen LogP contribution in [-0.4, -0.2) is 22.8 Å². The molecule has 1 rings (SSSR count). The summed E-state index contributed by atoms with van der Waals surface area (Å²) >= 11 is 0. The van der Waals surface area contributed by atoms with Gasteiger partial charge in [-0.15, -0.1) is 0 Å². The number of ether oxygens (including phenoxy) is 1. The van der Waals surface area contributed by atoms with Crippen LogP contribution >= 0.6 is 0 Å². The van der Waals surface area contributed by atoms with E-state index < -0.39 is 5.97 Å². The Kier molecular flexibility index (Phi) is 4.59. The molecule has 0 heterocycles. The van der Waals surface area contributed by atoms with Crippen LogP contribution in [0.2, 0.25) is 0 Å². The van der Waals surface area contributed by atoms with Crippen LogP contribution in [0, 0.1) is 0 Å². The highest BCUT2D eigenvalue weighted by atomic mass is 16.5. The Morgan fingerprint density at radius 3 is 2.56 bits per heavy atom. The van der Waals surface area contributed by atoms with Crippen LogP contribution in [0.5, 0.6) is 11.5 Å². The number of hydrogen-bond donors (Lipinski definition) is 2. The zero-order valence-electron chi connectivity index (χ0n) is 11.1. The number of rotatable bonds is 5. The summed E-state index contributed by atoms with van der Waals surface area (Å²) in [5, 5.41) is 18.3. The summed E-state index contributed by atoms with van der Waals surface area (Å²) in [5.74, 6) is 0.0863. The Labute approximate surface area is 107 Å². The van der Waals surface area contributed by atoms with E-state index in [0.29, 0.717) is 18.8 Å². The van der Waals surface area contributed by atoms with Crippen molar-refractivity contribution in [3.8, 4) is 11.5 Å². The highest BCUT2D eigenvalue weighted by Gasteiger charge is 2.18. The highest BCUT2D eigenvalue weighted by Crippen LogP contribution is 2.33. The quantitative estimate of drug-likeness (QED) is 0.791. The van der Waals surface area contributed by atoms with Crippen molar-refractivity contribution in [1.82, 2.24) is 0 Å². The molecule has 4 nitrogen and oxygen atoms in total. The van der Waals surface area contributed by atoms with Crippen molar-refractivity contribution in [3.05, 3.63) is 23.8 Å². The molecule has 0 unspecified atom stereocenters. The molecule has 0 aliphatic heterocycles. The molecule has 1 aromatic carbocycles. The number of aromatic hydroxyl groups is 1. The van der Waals surface area contributed by atoms with Crippen molar-refractivity contribution >= 4 is 5.97 Å². The Morgan fingerprint density at radius 2 is 2.00 bits per heavy atom. The van der Waals surface area contributed by atoms with Gasteiger partial charge in [-0.25, -0.2) is 0 Å². The first-order valence-corrected chi connectivity index (χ1v) is 5.99. The van der Waals surface area contributed by atoms with E-state index in [1.165, 1.54) is 0 Å². The molecule has 100 valence electrons. The van der Waals surface area contributed by atoms with Gasteiger partial charge in [-0.1, -0.05) is 20.8 Å². The van der Waals surface area contributed by atoms with E-state index in [2.05, 4.69) is 0 Å². The Balaban J connectivity index is 2.65. The maximum absolute atomic E-state index is 10.4. The molecule has 0 bridgehead atoms. The van der Waals surface area contributed by atoms with Gasteiger partial charge >= 0.3 is 5.97 Å². The van der Waals surface area contributed by atoms with Crippen LogP contribution < -0.4 is 4.74 Å². The third-order valence-corrected chi connectivity index (χ3v) is 2.58. The summed E-state index contributed by atoms with van der Waals surface area (Å²) in [4.78, 5) is 10.4. The summed E-state index contributed by atoms with van der Waals surface area (Å²) in [7, 11) is 0.